The largest absolute Gasteiger partial charge is 0.377 e. The minimum Gasteiger partial charge on any atom is -0.377 e. The summed E-state index contributed by atoms with van der Waals surface area (Å²) in [4.78, 5) is 0. The second-order valence-corrected chi connectivity index (χ2v) is 5.85. The Hall–Kier alpha value is -1.28. The second kappa shape index (κ2) is 6.25. The summed E-state index contributed by atoms with van der Waals surface area (Å²) in [6.45, 7) is 6.45. The van der Waals surface area contributed by atoms with E-state index in [1.807, 2.05) is 0 Å². The standard InChI is InChI=1S/C17H20BrN/c1-4-16(14-8-5-12(2)6-9-14)19-17-11-13(3)7-10-15(17)18/h5-11,16,19H,4H2,1-3H3. The van der Waals surface area contributed by atoms with Crippen LogP contribution in [-0.2, 0) is 0 Å². The molecule has 0 radical (unpaired) electrons. The number of anilines is 1. The van der Waals surface area contributed by atoms with Crippen LogP contribution in [0.1, 0.15) is 36.1 Å². The molecule has 2 rings (SSSR count). The Morgan fingerprint density at radius 3 is 2.26 bits per heavy atom. The summed E-state index contributed by atoms with van der Waals surface area (Å²) >= 11 is 3.61. The van der Waals surface area contributed by atoms with E-state index >= 15 is 0 Å². The minimum atomic E-state index is 0.346. The highest BCUT2D eigenvalue weighted by Crippen LogP contribution is 2.29. The molecule has 1 nitrogen and oxygen atoms in total. The van der Waals surface area contributed by atoms with Gasteiger partial charge in [0.05, 0.1) is 6.04 Å². The molecule has 0 aliphatic carbocycles. The molecule has 2 aromatic rings. The van der Waals surface area contributed by atoms with Crippen LogP contribution in [0, 0.1) is 13.8 Å². The molecule has 1 unspecified atom stereocenters. The van der Waals surface area contributed by atoms with Crippen LogP contribution in [-0.4, -0.2) is 0 Å². The van der Waals surface area contributed by atoms with Gasteiger partial charge in [0.1, 0.15) is 0 Å². The lowest BCUT2D eigenvalue weighted by molar-refractivity contribution is 0.748. The maximum atomic E-state index is 3.63. The Kier molecular flexibility index (Phi) is 4.65. The van der Waals surface area contributed by atoms with E-state index in [1.54, 1.807) is 0 Å². The molecule has 0 spiro atoms. The summed E-state index contributed by atoms with van der Waals surface area (Å²) in [6.07, 6.45) is 1.06. The third-order valence-corrected chi connectivity index (χ3v) is 4.03. The van der Waals surface area contributed by atoms with Gasteiger partial charge in [0.15, 0.2) is 0 Å². The van der Waals surface area contributed by atoms with Crippen molar-refractivity contribution < 1.29 is 0 Å². The number of hydrogen-bond donors (Lipinski definition) is 1. The van der Waals surface area contributed by atoms with Gasteiger partial charge in [-0.1, -0.05) is 42.8 Å². The van der Waals surface area contributed by atoms with Gasteiger partial charge in [-0.15, -0.1) is 0 Å². The number of hydrogen-bond acceptors (Lipinski definition) is 1. The summed E-state index contributed by atoms with van der Waals surface area (Å²) < 4.78 is 1.11. The van der Waals surface area contributed by atoms with Crippen molar-refractivity contribution in [1.82, 2.24) is 0 Å². The van der Waals surface area contributed by atoms with Gasteiger partial charge in [0, 0.05) is 10.2 Å². The molecule has 0 amide bonds. The van der Waals surface area contributed by atoms with E-state index in [2.05, 4.69) is 84.5 Å². The number of rotatable bonds is 4. The summed E-state index contributed by atoms with van der Waals surface area (Å²) in [6, 6.07) is 15.5. The van der Waals surface area contributed by atoms with Crippen molar-refractivity contribution in [2.24, 2.45) is 0 Å². The Morgan fingerprint density at radius 2 is 1.63 bits per heavy atom. The third-order valence-electron chi connectivity index (χ3n) is 3.34. The van der Waals surface area contributed by atoms with Crippen LogP contribution < -0.4 is 5.32 Å². The molecule has 0 aliphatic heterocycles. The molecule has 2 heteroatoms. The van der Waals surface area contributed by atoms with Crippen molar-refractivity contribution in [3.63, 3.8) is 0 Å². The predicted molar refractivity (Wildman–Crippen MR) is 86.7 cm³/mol. The van der Waals surface area contributed by atoms with E-state index in [4.69, 9.17) is 0 Å². The zero-order valence-electron chi connectivity index (χ0n) is 11.7. The topological polar surface area (TPSA) is 12.0 Å². The van der Waals surface area contributed by atoms with Crippen LogP contribution in [0.4, 0.5) is 5.69 Å². The van der Waals surface area contributed by atoms with Crippen molar-refractivity contribution in [2.75, 3.05) is 5.32 Å². The van der Waals surface area contributed by atoms with Crippen molar-refractivity contribution in [2.45, 2.75) is 33.2 Å². The van der Waals surface area contributed by atoms with E-state index in [1.165, 1.54) is 16.7 Å². The maximum absolute atomic E-state index is 3.63. The van der Waals surface area contributed by atoms with E-state index in [-0.39, 0.29) is 0 Å². The fourth-order valence-electron chi connectivity index (χ4n) is 2.16. The van der Waals surface area contributed by atoms with Crippen LogP contribution >= 0.6 is 15.9 Å². The van der Waals surface area contributed by atoms with Crippen molar-refractivity contribution >= 4 is 21.6 Å². The Balaban J connectivity index is 2.23. The Bertz CT molecular complexity index is 546. The Labute approximate surface area is 124 Å². The highest BCUT2D eigenvalue weighted by Gasteiger charge is 2.10. The van der Waals surface area contributed by atoms with Gasteiger partial charge in [-0.25, -0.2) is 0 Å². The molecule has 19 heavy (non-hydrogen) atoms. The molecular formula is C17H20BrN. The molecule has 1 N–H and O–H groups in total. The number of nitrogens with one attached hydrogen (secondary N) is 1. The molecule has 100 valence electrons. The van der Waals surface area contributed by atoms with Crippen LogP contribution in [0.25, 0.3) is 0 Å². The van der Waals surface area contributed by atoms with E-state index in [9.17, 15) is 0 Å². The zero-order chi connectivity index (χ0) is 13.8. The fraction of sp³-hybridized carbons (Fsp3) is 0.294. The van der Waals surface area contributed by atoms with E-state index < -0.39 is 0 Å². The van der Waals surface area contributed by atoms with Crippen LogP contribution in [0.5, 0.6) is 0 Å². The smallest absolute Gasteiger partial charge is 0.0511 e. The molecule has 0 heterocycles. The first-order valence-electron chi connectivity index (χ1n) is 6.69. The SMILES string of the molecule is CCC(Nc1cc(C)ccc1Br)c1ccc(C)cc1. The van der Waals surface area contributed by atoms with Crippen LogP contribution in [0.15, 0.2) is 46.9 Å². The third kappa shape index (κ3) is 3.60. The average molecular weight is 318 g/mol. The quantitative estimate of drug-likeness (QED) is 0.770. The monoisotopic (exact) mass is 317 g/mol. The second-order valence-electron chi connectivity index (χ2n) is 5.00. The van der Waals surface area contributed by atoms with Gasteiger partial charge < -0.3 is 5.32 Å². The summed E-state index contributed by atoms with van der Waals surface area (Å²) in [7, 11) is 0. The van der Waals surface area contributed by atoms with Gasteiger partial charge in [0.2, 0.25) is 0 Å². The molecule has 0 saturated carbocycles. The number of benzene rings is 2. The lowest BCUT2D eigenvalue weighted by Gasteiger charge is -2.20. The highest BCUT2D eigenvalue weighted by atomic mass is 79.9. The van der Waals surface area contributed by atoms with Gasteiger partial charge in [-0.05, 0) is 59.5 Å². The zero-order valence-corrected chi connectivity index (χ0v) is 13.3. The maximum Gasteiger partial charge on any atom is 0.0511 e. The van der Waals surface area contributed by atoms with Gasteiger partial charge >= 0.3 is 0 Å². The molecule has 0 bridgehead atoms. The fourth-order valence-corrected chi connectivity index (χ4v) is 2.52. The summed E-state index contributed by atoms with van der Waals surface area (Å²) in [5, 5.41) is 3.63. The number of halogens is 1. The van der Waals surface area contributed by atoms with Crippen LogP contribution in [0.3, 0.4) is 0 Å². The van der Waals surface area contributed by atoms with Gasteiger partial charge in [0.25, 0.3) is 0 Å². The van der Waals surface area contributed by atoms with Gasteiger partial charge in [-0.3, -0.25) is 0 Å². The lowest BCUT2D eigenvalue weighted by atomic mass is 10.0. The lowest BCUT2D eigenvalue weighted by Crippen LogP contribution is -2.10. The molecular weight excluding hydrogens is 298 g/mol. The van der Waals surface area contributed by atoms with Crippen molar-refractivity contribution in [3.8, 4) is 0 Å². The van der Waals surface area contributed by atoms with Crippen molar-refractivity contribution in [1.29, 1.82) is 0 Å². The first-order chi connectivity index (χ1) is 9.10. The molecule has 0 fully saturated rings. The first-order valence-corrected chi connectivity index (χ1v) is 7.48. The van der Waals surface area contributed by atoms with E-state index in [0.717, 1.165) is 16.6 Å². The molecule has 0 aromatic heterocycles. The van der Waals surface area contributed by atoms with Gasteiger partial charge in [-0.2, -0.15) is 0 Å². The Morgan fingerprint density at radius 1 is 1.00 bits per heavy atom. The molecule has 1 atom stereocenters. The molecule has 0 saturated heterocycles. The van der Waals surface area contributed by atoms with Crippen molar-refractivity contribution in [3.05, 3.63) is 63.6 Å². The van der Waals surface area contributed by atoms with E-state index in [0.29, 0.717) is 6.04 Å². The first kappa shape index (κ1) is 14.1. The normalized spacial score (nSPS) is 12.2. The average Bonchev–Trinajstić information content (AvgIpc) is 2.41. The summed E-state index contributed by atoms with van der Waals surface area (Å²) in [5.41, 5.74) is 5.06. The molecule has 2 aromatic carbocycles. The predicted octanol–water partition coefficient (Wildman–Crippen LogP) is 5.63. The van der Waals surface area contributed by atoms with Crippen LogP contribution in [0.2, 0.25) is 0 Å². The molecule has 0 aliphatic rings. The highest BCUT2D eigenvalue weighted by molar-refractivity contribution is 9.10. The minimum absolute atomic E-state index is 0.346. The number of aryl methyl sites for hydroxylation is 2. The summed E-state index contributed by atoms with van der Waals surface area (Å²) in [5.74, 6) is 0.